The molecule has 2 N–H and O–H groups in total. The first kappa shape index (κ1) is 11.2. The molecule has 0 unspecified atom stereocenters. The fourth-order valence-electron chi connectivity index (χ4n) is 1.39. The van der Waals surface area contributed by atoms with Crippen molar-refractivity contribution in [3.63, 3.8) is 0 Å². The van der Waals surface area contributed by atoms with Gasteiger partial charge in [-0.2, -0.15) is 0 Å². The molecule has 0 fully saturated rings. The SMILES string of the molecule is Nc1ncc(Cl)cc1Cc1ccncc1Cl. The molecule has 0 aliphatic rings. The Labute approximate surface area is 103 Å². The molecule has 0 aliphatic carbocycles. The Hall–Kier alpha value is -1.32. The van der Waals surface area contributed by atoms with Gasteiger partial charge in [0.2, 0.25) is 0 Å². The second-order valence-corrected chi connectivity index (χ2v) is 4.19. The van der Waals surface area contributed by atoms with Gasteiger partial charge in [0.1, 0.15) is 5.82 Å². The van der Waals surface area contributed by atoms with Crippen LogP contribution in [0, 0.1) is 0 Å². The number of hydrogen-bond donors (Lipinski definition) is 1. The quantitative estimate of drug-likeness (QED) is 0.896. The summed E-state index contributed by atoms with van der Waals surface area (Å²) in [5.74, 6) is 0.470. The molecule has 0 atom stereocenters. The van der Waals surface area contributed by atoms with Crippen molar-refractivity contribution in [3.8, 4) is 0 Å². The molecule has 82 valence electrons. The lowest BCUT2D eigenvalue weighted by molar-refractivity contribution is 1.14. The average molecular weight is 254 g/mol. The lowest BCUT2D eigenvalue weighted by atomic mass is 10.1. The summed E-state index contributed by atoms with van der Waals surface area (Å²) in [5, 5.41) is 1.18. The van der Waals surface area contributed by atoms with Crippen LogP contribution in [0.15, 0.2) is 30.7 Å². The Kier molecular flexibility index (Phi) is 3.27. The van der Waals surface area contributed by atoms with Crippen LogP contribution in [0.3, 0.4) is 0 Å². The molecular weight excluding hydrogens is 245 g/mol. The molecule has 5 heteroatoms. The first-order chi connectivity index (χ1) is 7.66. The van der Waals surface area contributed by atoms with E-state index in [9.17, 15) is 0 Å². The lowest BCUT2D eigenvalue weighted by Crippen LogP contribution is -1.99. The highest BCUT2D eigenvalue weighted by Crippen LogP contribution is 2.22. The van der Waals surface area contributed by atoms with E-state index < -0.39 is 0 Å². The summed E-state index contributed by atoms with van der Waals surface area (Å²) < 4.78 is 0. The van der Waals surface area contributed by atoms with Crippen LogP contribution in [-0.4, -0.2) is 9.97 Å². The van der Waals surface area contributed by atoms with Crippen molar-refractivity contribution in [2.75, 3.05) is 5.73 Å². The van der Waals surface area contributed by atoms with E-state index >= 15 is 0 Å². The van der Waals surface area contributed by atoms with Gasteiger partial charge in [0, 0.05) is 30.6 Å². The summed E-state index contributed by atoms with van der Waals surface area (Å²) in [5.41, 5.74) is 7.57. The van der Waals surface area contributed by atoms with E-state index in [4.69, 9.17) is 28.9 Å². The highest BCUT2D eigenvalue weighted by atomic mass is 35.5. The zero-order valence-electron chi connectivity index (χ0n) is 8.32. The molecule has 2 aromatic heterocycles. The number of aromatic nitrogens is 2. The van der Waals surface area contributed by atoms with Gasteiger partial charge in [0.15, 0.2) is 0 Å². The summed E-state index contributed by atoms with van der Waals surface area (Å²) in [4.78, 5) is 7.91. The van der Waals surface area contributed by atoms with Gasteiger partial charge < -0.3 is 5.73 Å². The second-order valence-electron chi connectivity index (χ2n) is 3.34. The minimum atomic E-state index is 0.470. The molecule has 0 saturated heterocycles. The van der Waals surface area contributed by atoms with Crippen LogP contribution >= 0.6 is 23.2 Å². The first-order valence-electron chi connectivity index (χ1n) is 4.65. The molecule has 16 heavy (non-hydrogen) atoms. The Balaban J connectivity index is 2.34. The predicted molar refractivity (Wildman–Crippen MR) is 65.7 cm³/mol. The number of nitrogens with two attached hydrogens (primary N) is 1. The van der Waals surface area contributed by atoms with Crippen molar-refractivity contribution in [3.05, 3.63) is 51.9 Å². The van der Waals surface area contributed by atoms with Gasteiger partial charge in [-0.3, -0.25) is 4.98 Å². The Morgan fingerprint density at radius 1 is 1.19 bits per heavy atom. The topological polar surface area (TPSA) is 51.8 Å². The molecule has 0 spiro atoms. The summed E-state index contributed by atoms with van der Waals surface area (Å²) in [6.07, 6.45) is 5.41. The fourth-order valence-corrected chi connectivity index (χ4v) is 1.75. The minimum Gasteiger partial charge on any atom is -0.383 e. The van der Waals surface area contributed by atoms with Crippen LogP contribution < -0.4 is 5.73 Å². The molecule has 2 aromatic rings. The third-order valence-corrected chi connectivity index (χ3v) is 2.75. The van der Waals surface area contributed by atoms with Crippen LogP contribution in [-0.2, 0) is 6.42 Å². The molecule has 2 rings (SSSR count). The number of hydrogen-bond acceptors (Lipinski definition) is 3. The number of anilines is 1. The average Bonchev–Trinajstić information content (AvgIpc) is 2.27. The van der Waals surface area contributed by atoms with Crippen LogP contribution in [0.1, 0.15) is 11.1 Å². The van der Waals surface area contributed by atoms with Crippen molar-refractivity contribution in [1.29, 1.82) is 0 Å². The summed E-state index contributed by atoms with van der Waals surface area (Å²) in [7, 11) is 0. The molecule has 0 aliphatic heterocycles. The van der Waals surface area contributed by atoms with E-state index in [-0.39, 0.29) is 0 Å². The number of pyridine rings is 2. The van der Waals surface area contributed by atoms with E-state index in [1.165, 1.54) is 6.20 Å². The largest absolute Gasteiger partial charge is 0.383 e. The maximum absolute atomic E-state index is 6.01. The number of halogens is 2. The maximum Gasteiger partial charge on any atom is 0.126 e. The van der Waals surface area contributed by atoms with Gasteiger partial charge >= 0.3 is 0 Å². The highest BCUT2D eigenvalue weighted by Gasteiger charge is 2.06. The summed E-state index contributed by atoms with van der Waals surface area (Å²) in [6.45, 7) is 0. The molecule has 0 aromatic carbocycles. The fraction of sp³-hybridized carbons (Fsp3) is 0.0909. The standard InChI is InChI=1S/C11H9Cl2N3/c12-9-4-8(11(14)16-5-9)3-7-1-2-15-6-10(7)13/h1-2,4-6H,3H2,(H2,14,16). The van der Waals surface area contributed by atoms with E-state index in [0.29, 0.717) is 22.3 Å². The Bertz CT molecular complexity index is 514. The molecule has 0 saturated carbocycles. The molecular formula is C11H9Cl2N3. The van der Waals surface area contributed by atoms with Crippen LogP contribution in [0.4, 0.5) is 5.82 Å². The smallest absolute Gasteiger partial charge is 0.126 e. The predicted octanol–water partition coefficient (Wildman–Crippen LogP) is 2.96. The van der Waals surface area contributed by atoms with Gasteiger partial charge in [-0.05, 0) is 17.7 Å². The zero-order chi connectivity index (χ0) is 11.5. The minimum absolute atomic E-state index is 0.470. The van der Waals surface area contributed by atoms with Crippen LogP contribution in [0.5, 0.6) is 0 Å². The van der Waals surface area contributed by atoms with Crippen molar-refractivity contribution >= 4 is 29.0 Å². The highest BCUT2D eigenvalue weighted by molar-refractivity contribution is 6.31. The van der Waals surface area contributed by atoms with E-state index in [1.54, 1.807) is 18.5 Å². The number of nitrogen functional groups attached to an aromatic ring is 1. The molecule has 0 radical (unpaired) electrons. The van der Waals surface area contributed by atoms with Crippen LogP contribution in [0.2, 0.25) is 10.0 Å². The molecule has 2 heterocycles. The number of rotatable bonds is 2. The molecule has 3 nitrogen and oxygen atoms in total. The first-order valence-corrected chi connectivity index (χ1v) is 5.40. The zero-order valence-corrected chi connectivity index (χ0v) is 9.83. The number of nitrogens with zero attached hydrogens (tertiary/aromatic N) is 2. The van der Waals surface area contributed by atoms with Crippen molar-refractivity contribution in [2.45, 2.75) is 6.42 Å². The maximum atomic E-state index is 6.01. The normalized spacial score (nSPS) is 10.4. The van der Waals surface area contributed by atoms with Gasteiger partial charge in [0.25, 0.3) is 0 Å². The van der Waals surface area contributed by atoms with E-state index in [2.05, 4.69) is 9.97 Å². The molecule has 0 bridgehead atoms. The third-order valence-electron chi connectivity index (χ3n) is 2.21. The van der Waals surface area contributed by atoms with Crippen molar-refractivity contribution in [1.82, 2.24) is 9.97 Å². The van der Waals surface area contributed by atoms with Gasteiger partial charge in [-0.25, -0.2) is 4.98 Å². The van der Waals surface area contributed by atoms with Gasteiger partial charge in [0.05, 0.1) is 10.0 Å². The Morgan fingerprint density at radius 2 is 2.00 bits per heavy atom. The van der Waals surface area contributed by atoms with E-state index in [0.717, 1.165) is 11.1 Å². The monoisotopic (exact) mass is 253 g/mol. The van der Waals surface area contributed by atoms with Crippen molar-refractivity contribution < 1.29 is 0 Å². The van der Waals surface area contributed by atoms with Crippen molar-refractivity contribution in [2.24, 2.45) is 0 Å². The summed E-state index contributed by atoms with van der Waals surface area (Å²) in [6, 6.07) is 3.64. The van der Waals surface area contributed by atoms with E-state index in [1.807, 2.05) is 6.07 Å². The Morgan fingerprint density at radius 3 is 2.75 bits per heavy atom. The third kappa shape index (κ3) is 2.43. The second kappa shape index (κ2) is 4.68. The van der Waals surface area contributed by atoms with Crippen LogP contribution in [0.25, 0.3) is 0 Å². The van der Waals surface area contributed by atoms with Gasteiger partial charge in [-0.15, -0.1) is 0 Å². The van der Waals surface area contributed by atoms with Gasteiger partial charge in [-0.1, -0.05) is 23.2 Å². The lowest BCUT2D eigenvalue weighted by Gasteiger charge is -2.06. The summed E-state index contributed by atoms with van der Waals surface area (Å²) >= 11 is 11.9. The molecule has 0 amide bonds.